The summed E-state index contributed by atoms with van der Waals surface area (Å²) in [6.45, 7) is 0. The summed E-state index contributed by atoms with van der Waals surface area (Å²) in [5, 5.41) is 22.8. The number of hydrogen-bond acceptors (Lipinski definition) is 16. The van der Waals surface area contributed by atoms with Crippen molar-refractivity contribution in [1.82, 2.24) is 29.8 Å². The molecule has 1 fully saturated rings. The predicted molar refractivity (Wildman–Crippen MR) is 132 cm³/mol. The molecule has 15 nitrogen and oxygen atoms in total. The van der Waals surface area contributed by atoms with E-state index in [1.54, 1.807) is 5.51 Å². The van der Waals surface area contributed by atoms with Crippen LogP contribution in [-0.2, 0) is 29.1 Å². The first-order chi connectivity index (χ1) is 17.0. The first kappa shape index (κ1) is 26.3. The fourth-order valence-corrected chi connectivity index (χ4v) is 6.73. The fourth-order valence-electron chi connectivity index (χ4n) is 3.08. The maximum Gasteiger partial charge on any atom is 0.352 e. The second-order valence-corrected chi connectivity index (χ2v) is 13.2. The number of fused-ring (bicyclic) bond motifs is 1. The van der Waals surface area contributed by atoms with Crippen LogP contribution >= 0.6 is 46.4 Å². The molecule has 0 bridgehead atoms. The van der Waals surface area contributed by atoms with Crippen LogP contribution in [0.25, 0.3) is 0 Å². The van der Waals surface area contributed by atoms with Crippen LogP contribution < -0.4 is 11.1 Å². The molecule has 4 heterocycles. The number of carbonyl (C=O) groups is 3. The summed E-state index contributed by atoms with van der Waals surface area (Å²) < 4.78 is 27.2. The molecule has 2 atom stereocenters. The highest BCUT2D eigenvalue weighted by Gasteiger charge is 2.54. The van der Waals surface area contributed by atoms with E-state index >= 15 is 0 Å². The van der Waals surface area contributed by atoms with Crippen molar-refractivity contribution in [2.24, 2.45) is 5.16 Å². The largest absolute Gasteiger partial charge is 0.477 e. The van der Waals surface area contributed by atoms with E-state index < -0.39 is 50.7 Å². The number of β-lactam (4-membered cyclic amide) rings is 1. The Morgan fingerprint density at radius 3 is 2.83 bits per heavy atom. The SMILES string of the molecule is CS(=O)(=O)CON=C(C(=O)NC1C(=O)N2C(C(=O)O)=C(CSc3nncs3)CS[C@H]12)c1nsc(N)n1. The molecule has 1 unspecified atom stereocenters. The van der Waals surface area contributed by atoms with Crippen LogP contribution in [0.5, 0.6) is 0 Å². The van der Waals surface area contributed by atoms with Crippen LogP contribution in [0, 0.1) is 0 Å². The molecule has 20 heteroatoms. The Morgan fingerprint density at radius 1 is 1.44 bits per heavy atom. The summed E-state index contributed by atoms with van der Waals surface area (Å²) in [6, 6.07) is -1.06. The number of carbonyl (C=O) groups excluding carboxylic acids is 2. The van der Waals surface area contributed by atoms with E-state index in [1.807, 2.05) is 0 Å². The van der Waals surface area contributed by atoms with E-state index in [-0.39, 0.29) is 16.7 Å². The number of nitrogen functional groups attached to an aromatic ring is 1. The van der Waals surface area contributed by atoms with Gasteiger partial charge in [-0.05, 0) is 5.57 Å². The van der Waals surface area contributed by atoms with Gasteiger partial charge >= 0.3 is 5.97 Å². The van der Waals surface area contributed by atoms with Gasteiger partial charge in [-0.25, -0.2) is 13.2 Å². The Hall–Kier alpha value is -2.81. The van der Waals surface area contributed by atoms with Crippen molar-refractivity contribution in [2.45, 2.75) is 15.8 Å². The van der Waals surface area contributed by atoms with E-state index in [9.17, 15) is 27.9 Å². The van der Waals surface area contributed by atoms with Gasteiger partial charge in [0.15, 0.2) is 19.3 Å². The Kier molecular flexibility index (Phi) is 7.78. The van der Waals surface area contributed by atoms with E-state index in [4.69, 9.17) is 10.6 Å². The highest BCUT2D eigenvalue weighted by Crippen LogP contribution is 2.41. The Morgan fingerprint density at radius 2 is 2.22 bits per heavy atom. The Bertz CT molecular complexity index is 1360. The van der Waals surface area contributed by atoms with Crippen molar-refractivity contribution in [3.8, 4) is 0 Å². The molecule has 0 spiro atoms. The molecule has 2 aliphatic heterocycles. The quantitative estimate of drug-likeness (QED) is 0.133. The highest BCUT2D eigenvalue weighted by atomic mass is 32.2. The first-order valence-electron chi connectivity index (χ1n) is 9.62. The molecule has 0 aliphatic carbocycles. The molecular weight excluding hydrogens is 577 g/mol. The number of thioether (sulfide) groups is 2. The van der Waals surface area contributed by atoms with Gasteiger partial charge in [-0.15, -0.1) is 22.0 Å². The molecule has 192 valence electrons. The molecule has 36 heavy (non-hydrogen) atoms. The molecule has 4 N–H and O–H groups in total. The van der Waals surface area contributed by atoms with Crippen LogP contribution in [-0.4, -0.2) is 96.6 Å². The fraction of sp³-hybridized carbons (Fsp3) is 0.375. The summed E-state index contributed by atoms with van der Waals surface area (Å²) in [4.78, 5) is 47.6. The minimum Gasteiger partial charge on any atom is -0.477 e. The predicted octanol–water partition coefficient (Wildman–Crippen LogP) is -0.774. The van der Waals surface area contributed by atoms with Gasteiger partial charge in [-0.3, -0.25) is 14.5 Å². The van der Waals surface area contributed by atoms with Crippen LogP contribution in [0.3, 0.4) is 0 Å². The van der Waals surface area contributed by atoms with E-state index in [2.05, 4.69) is 30.0 Å². The number of nitrogens with one attached hydrogen (secondary N) is 1. The topological polar surface area (TPSA) is 220 Å². The van der Waals surface area contributed by atoms with Gasteiger partial charge in [0.05, 0.1) is 0 Å². The average molecular weight is 593 g/mol. The number of aliphatic carboxylic acids is 1. The normalized spacial score (nSPS) is 20.1. The molecule has 1 saturated heterocycles. The molecular formula is C16H16N8O7S5. The maximum absolute atomic E-state index is 12.9. The summed E-state index contributed by atoms with van der Waals surface area (Å²) in [6.07, 6.45) is 0.914. The zero-order chi connectivity index (χ0) is 26.0. The van der Waals surface area contributed by atoms with Crippen molar-refractivity contribution < 1.29 is 32.7 Å². The number of nitrogens with zero attached hydrogens (tertiary/aromatic N) is 6. The number of aromatic nitrogens is 4. The van der Waals surface area contributed by atoms with Crippen molar-refractivity contribution in [1.29, 1.82) is 0 Å². The molecule has 4 rings (SSSR count). The van der Waals surface area contributed by atoms with Gasteiger partial charge in [0.2, 0.25) is 17.5 Å². The number of anilines is 1. The third-order valence-corrected chi connectivity index (χ3v) is 8.90. The highest BCUT2D eigenvalue weighted by molar-refractivity contribution is 8.01. The molecule has 0 radical (unpaired) electrons. The number of amides is 2. The number of carboxylic acid groups (broad SMARTS) is 1. The van der Waals surface area contributed by atoms with E-state index in [0.717, 1.165) is 22.7 Å². The van der Waals surface area contributed by atoms with Gasteiger partial charge in [0.25, 0.3) is 11.8 Å². The zero-order valence-electron chi connectivity index (χ0n) is 18.1. The smallest absolute Gasteiger partial charge is 0.352 e. The minimum atomic E-state index is -3.56. The van der Waals surface area contributed by atoms with Gasteiger partial charge in [0.1, 0.15) is 22.6 Å². The molecule has 0 saturated carbocycles. The van der Waals surface area contributed by atoms with E-state index in [0.29, 0.717) is 21.4 Å². The van der Waals surface area contributed by atoms with Crippen molar-refractivity contribution in [3.63, 3.8) is 0 Å². The second-order valence-electron chi connectivity index (χ2n) is 7.18. The monoisotopic (exact) mass is 592 g/mol. The molecule has 2 aromatic rings. The molecule has 0 aromatic carbocycles. The van der Waals surface area contributed by atoms with Crippen molar-refractivity contribution >= 4 is 84.9 Å². The molecule has 2 aliphatic rings. The van der Waals surface area contributed by atoms with Crippen LogP contribution in [0.2, 0.25) is 0 Å². The lowest BCUT2D eigenvalue weighted by atomic mass is 10.0. The summed E-state index contributed by atoms with van der Waals surface area (Å²) >= 11 is 4.70. The molecule has 2 amide bonds. The number of hydrogen-bond donors (Lipinski definition) is 3. The minimum absolute atomic E-state index is 0.0255. The number of rotatable bonds is 10. The Balaban J connectivity index is 1.50. The number of carboxylic acids is 1. The zero-order valence-corrected chi connectivity index (χ0v) is 22.1. The van der Waals surface area contributed by atoms with Gasteiger partial charge < -0.3 is 21.0 Å². The average Bonchev–Trinajstić information content (AvgIpc) is 3.49. The van der Waals surface area contributed by atoms with Crippen LogP contribution in [0.4, 0.5) is 5.13 Å². The lowest BCUT2D eigenvalue weighted by Crippen LogP contribution is -2.71. The van der Waals surface area contributed by atoms with Crippen molar-refractivity contribution in [2.75, 3.05) is 29.4 Å². The third-order valence-electron chi connectivity index (χ3n) is 4.54. The second kappa shape index (κ2) is 10.7. The standard InChI is InChI=1S/C16H16N8O7S5/c1-36(29,30)5-31-22-7(10-20-15(17)35-23-10)11(25)19-8-12(26)24-9(14(27)28)6(2-32-13(8)24)3-33-16-21-18-4-34-16/h4,8,13H,2-3,5H2,1H3,(H,19,25)(H,27,28)(H2,17,20,23)/t8?,13-/m1/s1. The van der Waals surface area contributed by atoms with Crippen LogP contribution in [0.15, 0.2) is 26.3 Å². The summed E-state index contributed by atoms with van der Waals surface area (Å²) in [5.41, 5.74) is 7.05. The number of nitrogens with two attached hydrogens (primary N) is 1. The van der Waals surface area contributed by atoms with E-state index in [1.165, 1.54) is 34.9 Å². The lowest BCUT2D eigenvalue weighted by Gasteiger charge is -2.49. The number of sulfone groups is 1. The van der Waals surface area contributed by atoms with Crippen LogP contribution in [0.1, 0.15) is 5.82 Å². The van der Waals surface area contributed by atoms with Gasteiger partial charge in [-0.2, -0.15) is 9.36 Å². The molecule has 2 aromatic heterocycles. The first-order valence-corrected chi connectivity index (χ1v) is 15.4. The van der Waals surface area contributed by atoms with Gasteiger partial charge in [0, 0.05) is 29.3 Å². The summed E-state index contributed by atoms with van der Waals surface area (Å²) in [7, 11) is -3.56. The maximum atomic E-state index is 12.9. The lowest BCUT2D eigenvalue weighted by molar-refractivity contribution is -0.150. The van der Waals surface area contributed by atoms with Crippen molar-refractivity contribution in [3.05, 3.63) is 22.6 Å². The van der Waals surface area contributed by atoms with Gasteiger partial charge in [-0.1, -0.05) is 28.3 Å². The number of oxime groups is 1. The Labute approximate surface area is 219 Å². The summed E-state index contributed by atoms with van der Waals surface area (Å²) in [5.74, 6) is -3.20. The third kappa shape index (κ3) is 5.77.